The molecular weight excluding hydrogens is 522 g/mol. The van der Waals surface area contributed by atoms with E-state index >= 15 is 0 Å². The van der Waals surface area contributed by atoms with Crippen LogP contribution in [-0.4, -0.2) is 39.4 Å². The van der Waals surface area contributed by atoms with Crippen molar-refractivity contribution in [2.24, 2.45) is 0 Å². The van der Waals surface area contributed by atoms with Crippen molar-refractivity contribution in [2.45, 2.75) is 27.1 Å². The highest BCUT2D eigenvalue weighted by molar-refractivity contribution is 6.12. The van der Waals surface area contributed by atoms with Crippen LogP contribution in [-0.2, 0) is 4.74 Å². The standard InChI is InChI=1S/C27H23N5O8/c1-4-39-27(36)21-20(15-6-5-7-16(10-15)32(37)38)18(11-28)25(34)31(24(21)29)30-12-19-22(33)17-9-13(2)8-14(3)23(17)40-26(19)35/h5-10,12,26,30,35H,4,29H2,1-3H3/b19-12+. The molecule has 13 nitrogen and oxygen atoms in total. The Labute approximate surface area is 226 Å². The zero-order valence-electron chi connectivity index (χ0n) is 21.5. The third-order valence-electron chi connectivity index (χ3n) is 6.12. The van der Waals surface area contributed by atoms with Gasteiger partial charge in [0.05, 0.1) is 22.7 Å². The first-order valence-electron chi connectivity index (χ1n) is 11.9. The number of nitrogens with one attached hydrogen (secondary N) is 1. The normalized spacial score (nSPS) is 15.1. The van der Waals surface area contributed by atoms with Crippen molar-refractivity contribution < 1.29 is 29.1 Å². The number of ketones is 1. The summed E-state index contributed by atoms with van der Waals surface area (Å²) in [5.41, 5.74) is 7.44. The number of aliphatic hydroxyl groups excluding tert-OH is 1. The molecule has 0 spiro atoms. The van der Waals surface area contributed by atoms with Gasteiger partial charge in [-0.3, -0.25) is 25.1 Å². The quantitative estimate of drug-likeness (QED) is 0.178. The van der Waals surface area contributed by atoms with E-state index in [2.05, 4.69) is 5.43 Å². The number of non-ortho nitro benzene ring substituents is 1. The first kappa shape index (κ1) is 27.6. The number of nitro benzene ring substituents is 1. The number of nitriles is 1. The van der Waals surface area contributed by atoms with Crippen LogP contribution in [0.2, 0.25) is 0 Å². The van der Waals surface area contributed by atoms with Crippen LogP contribution in [0.4, 0.5) is 11.5 Å². The maximum Gasteiger partial charge on any atom is 0.342 e. The molecule has 204 valence electrons. The number of nitro groups is 1. The summed E-state index contributed by atoms with van der Waals surface area (Å²) in [6.07, 6.45) is -0.718. The minimum absolute atomic E-state index is 0.0109. The van der Waals surface area contributed by atoms with Crippen LogP contribution in [0.1, 0.15) is 44.3 Å². The average molecular weight is 546 g/mol. The highest BCUT2D eigenvalue weighted by atomic mass is 16.6. The number of ether oxygens (including phenoxy) is 2. The van der Waals surface area contributed by atoms with E-state index in [9.17, 15) is 34.9 Å². The number of hydrogen-bond acceptors (Lipinski definition) is 11. The number of carbonyl (C=O) groups excluding carboxylic acids is 2. The smallest absolute Gasteiger partial charge is 0.342 e. The average Bonchev–Trinajstić information content (AvgIpc) is 2.90. The first-order chi connectivity index (χ1) is 19.0. The van der Waals surface area contributed by atoms with Crippen LogP contribution < -0.4 is 21.5 Å². The van der Waals surface area contributed by atoms with Crippen molar-refractivity contribution in [1.82, 2.24) is 4.68 Å². The zero-order chi connectivity index (χ0) is 29.3. The van der Waals surface area contributed by atoms with Crippen LogP contribution in [0.3, 0.4) is 0 Å². The topological polar surface area (TPSA) is 200 Å². The number of pyridine rings is 1. The second kappa shape index (κ2) is 10.7. The van der Waals surface area contributed by atoms with Crippen molar-refractivity contribution in [1.29, 1.82) is 5.26 Å². The molecule has 4 rings (SSSR count). The number of nitrogen functional groups attached to an aromatic ring is 1. The molecule has 4 N–H and O–H groups in total. The van der Waals surface area contributed by atoms with Gasteiger partial charge >= 0.3 is 5.97 Å². The van der Waals surface area contributed by atoms with E-state index in [1.807, 2.05) is 0 Å². The minimum atomic E-state index is -1.70. The van der Waals surface area contributed by atoms with Crippen LogP contribution in [0, 0.1) is 35.3 Å². The number of Topliss-reactive ketones (excluding diaryl/α,β-unsaturated/α-hetero) is 1. The van der Waals surface area contributed by atoms with E-state index in [-0.39, 0.29) is 40.3 Å². The van der Waals surface area contributed by atoms with Crippen LogP contribution in [0.15, 0.2) is 53.0 Å². The van der Waals surface area contributed by atoms with Gasteiger partial charge < -0.3 is 20.3 Å². The van der Waals surface area contributed by atoms with E-state index in [1.165, 1.54) is 25.1 Å². The lowest BCUT2D eigenvalue weighted by Crippen LogP contribution is -2.36. The first-order valence-corrected chi connectivity index (χ1v) is 11.9. The molecule has 1 unspecified atom stereocenters. The number of benzene rings is 2. The van der Waals surface area contributed by atoms with Gasteiger partial charge in [-0.15, -0.1) is 0 Å². The molecule has 0 aliphatic carbocycles. The number of aromatic nitrogens is 1. The second-order valence-electron chi connectivity index (χ2n) is 8.78. The molecule has 1 atom stereocenters. The maximum absolute atomic E-state index is 13.4. The summed E-state index contributed by atoms with van der Waals surface area (Å²) in [6.45, 7) is 4.96. The second-order valence-corrected chi connectivity index (χ2v) is 8.78. The summed E-state index contributed by atoms with van der Waals surface area (Å²) in [6, 6.07) is 10.1. The molecule has 1 aliphatic rings. The van der Waals surface area contributed by atoms with Gasteiger partial charge in [0.2, 0.25) is 12.1 Å². The predicted molar refractivity (Wildman–Crippen MR) is 142 cm³/mol. The summed E-state index contributed by atoms with van der Waals surface area (Å²) in [5.74, 6) is -1.88. The Morgan fingerprint density at radius 2 is 2.05 bits per heavy atom. The molecule has 0 saturated heterocycles. The summed E-state index contributed by atoms with van der Waals surface area (Å²) in [7, 11) is 0. The zero-order valence-corrected chi connectivity index (χ0v) is 21.5. The monoisotopic (exact) mass is 545 g/mol. The van der Waals surface area contributed by atoms with E-state index in [0.29, 0.717) is 10.2 Å². The number of anilines is 1. The number of aliphatic hydroxyl groups is 1. The minimum Gasteiger partial charge on any atom is -0.462 e. The van der Waals surface area contributed by atoms with E-state index in [4.69, 9.17) is 15.2 Å². The summed E-state index contributed by atoms with van der Waals surface area (Å²) in [5, 5.41) is 31.8. The van der Waals surface area contributed by atoms with E-state index in [1.54, 1.807) is 32.0 Å². The van der Waals surface area contributed by atoms with Crippen LogP contribution in [0.25, 0.3) is 11.1 Å². The number of nitrogens with zero attached hydrogens (tertiary/aromatic N) is 3. The lowest BCUT2D eigenvalue weighted by Gasteiger charge is -2.26. The van der Waals surface area contributed by atoms with Crippen molar-refractivity contribution >= 4 is 23.3 Å². The number of fused-ring (bicyclic) bond motifs is 1. The van der Waals surface area contributed by atoms with Gasteiger partial charge in [-0.05, 0) is 43.5 Å². The molecular formula is C27H23N5O8. The molecule has 0 bridgehead atoms. The summed E-state index contributed by atoms with van der Waals surface area (Å²) in [4.78, 5) is 50.2. The SMILES string of the molecule is CCOC(=O)c1c(-c2cccc([N+](=O)[O-])c2)c(C#N)c(=O)n(N/C=C2\C(=O)c3cc(C)cc(C)c3OC2O)c1N. The van der Waals surface area contributed by atoms with Gasteiger partial charge in [0.25, 0.3) is 11.2 Å². The molecule has 1 aromatic heterocycles. The molecule has 0 saturated carbocycles. The number of carbonyl (C=O) groups is 2. The van der Waals surface area contributed by atoms with E-state index in [0.717, 1.165) is 17.8 Å². The molecule has 0 radical (unpaired) electrons. The molecule has 0 amide bonds. The third-order valence-corrected chi connectivity index (χ3v) is 6.12. The predicted octanol–water partition coefficient (Wildman–Crippen LogP) is 2.69. The third kappa shape index (κ3) is 4.74. The summed E-state index contributed by atoms with van der Waals surface area (Å²) < 4.78 is 11.3. The van der Waals surface area contributed by atoms with Crippen molar-refractivity contribution in [3.63, 3.8) is 0 Å². The lowest BCUT2D eigenvalue weighted by atomic mass is 9.95. The number of rotatable bonds is 6. The Kier molecular flexibility index (Phi) is 7.38. The number of nitrogens with two attached hydrogens (primary N) is 1. The Hall–Kier alpha value is -5.48. The van der Waals surface area contributed by atoms with Crippen molar-refractivity contribution in [3.05, 3.63) is 96.5 Å². The molecule has 0 fully saturated rings. The molecule has 3 aromatic rings. The Morgan fingerprint density at radius 1 is 1.32 bits per heavy atom. The molecule has 40 heavy (non-hydrogen) atoms. The fourth-order valence-corrected chi connectivity index (χ4v) is 4.39. The number of hydrogen-bond donors (Lipinski definition) is 3. The van der Waals surface area contributed by atoms with Gasteiger partial charge in [-0.1, -0.05) is 18.2 Å². The largest absolute Gasteiger partial charge is 0.462 e. The van der Waals surface area contributed by atoms with Crippen molar-refractivity contribution in [2.75, 3.05) is 17.8 Å². The lowest BCUT2D eigenvalue weighted by molar-refractivity contribution is -0.384. The van der Waals surface area contributed by atoms with Gasteiger partial charge in [0, 0.05) is 23.9 Å². The Bertz CT molecular complexity index is 1720. The van der Waals surface area contributed by atoms with Crippen molar-refractivity contribution in [3.8, 4) is 22.9 Å². The van der Waals surface area contributed by atoms with Crippen LogP contribution in [0.5, 0.6) is 5.75 Å². The number of aryl methyl sites for hydroxylation is 2. The van der Waals surface area contributed by atoms with Gasteiger partial charge in [-0.25, -0.2) is 9.47 Å². The molecule has 2 heterocycles. The fraction of sp³-hybridized carbons (Fsp3) is 0.185. The Morgan fingerprint density at radius 3 is 2.70 bits per heavy atom. The summed E-state index contributed by atoms with van der Waals surface area (Å²) >= 11 is 0. The van der Waals surface area contributed by atoms with Gasteiger partial charge in [0.1, 0.15) is 28.8 Å². The van der Waals surface area contributed by atoms with E-state index < -0.39 is 45.5 Å². The molecule has 2 aromatic carbocycles. The fourth-order valence-electron chi connectivity index (χ4n) is 4.39. The maximum atomic E-state index is 13.4. The van der Waals surface area contributed by atoms with Crippen LogP contribution >= 0.6 is 0 Å². The molecule has 1 aliphatic heterocycles. The highest BCUT2D eigenvalue weighted by Crippen LogP contribution is 2.35. The molecule has 13 heteroatoms. The Balaban J connectivity index is 1.90. The highest BCUT2D eigenvalue weighted by Gasteiger charge is 2.33. The number of esters is 1. The van der Waals surface area contributed by atoms with Gasteiger partial charge in [-0.2, -0.15) is 5.26 Å². The van der Waals surface area contributed by atoms with Gasteiger partial charge in [0.15, 0.2) is 0 Å².